The van der Waals surface area contributed by atoms with Crippen molar-refractivity contribution in [3.63, 3.8) is 0 Å². The molecule has 0 aliphatic carbocycles. The Hall–Kier alpha value is -0.813. The van der Waals surface area contributed by atoms with Gasteiger partial charge in [-0.3, -0.25) is 4.90 Å². The molecule has 0 radical (unpaired) electrons. The van der Waals surface area contributed by atoms with Crippen molar-refractivity contribution >= 4 is 15.1 Å². The van der Waals surface area contributed by atoms with Crippen LogP contribution in [0.3, 0.4) is 0 Å². The van der Waals surface area contributed by atoms with Gasteiger partial charge in [0.2, 0.25) is 0 Å². The Balaban J connectivity index is 3.12. The second kappa shape index (κ2) is 6.36. The zero-order valence-corrected chi connectivity index (χ0v) is 16.7. The van der Waals surface area contributed by atoms with E-state index < -0.39 is 20.4 Å². The lowest BCUT2D eigenvalue weighted by Gasteiger charge is -2.38. The first-order valence-electron chi connectivity index (χ1n) is 8.13. The summed E-state index contributed by atoms with van der Waals surface area (Å²) in [5.74, 6) is 0.353. The number of nitrogens with zero attached hydrogens (tertiary/aromatic N) is 1. The van der Waals surface area contributed by atoms with E-state index >= 15 is 0 Å². The maximum absolute atomic E-state index is 12.7. The van der Waals surface area contributed by atoms with Crippen molar-refractivity contribution in [2.45, 2.75) is 72.4 Å². The molecule has 0 unspecified atom stereocenters. The molecule has 0 aromatic heterocycles. The van der Waals surface area contributed by atoms with Gasteiger partial charge in [0.1, 0.15) is 5.60 Å². The van der Waals surface area contributed by atoms with Crippen molar-refractivity contribution in [3.05, 3.63) is 12.7 Å². The fourth-order valence-corrected chi connectivity index (χ4v) is 3.93. The quantitative estimate of drug-likeness (QED) is 0.577. The Morgan fingerprint density at radius 1 is 1.27 bits per heavy atom. The minimum absolute atomic E-state index is 0.104. The van der Waals surface area contributed by atoms with Gasteiger partial charge in [-0.25, -0.2) is 4.79 Å². The molecular formula is C17H33NO3Si. The Labute approximate surface area is 137 Å². The highest BCUT2D eigenvalue weighted by Crippen LogP contribution is 2.44. The molecule has 1 rings (SSSR count). The molecule has 5 heteroatoms. The van der Waals surface area contributed by atoms with Gasteiger partial charge in [-0.05, 0) is 51.3 Å². The predicted octanol–water partition coefficient (Wildman–Crippen LogP) is 4.17. The number of likely N-dealkylation sites (tertiary alicyclic amines) is 1. The van der Waals surface area contributed by atoms with Gasteiger partial charge in [-0.1, -0.05) is 27.4 Å². The number of carbonyl (C=O) groups is 1. The first kappa shape index (κ1) is 19.2. The zero-order chi connectivity index (χ0) is 17.3. The molecule has 1 fully saturated rings. The van der Waals surface area contributed by atoms with Crippen molar-refractivity contribution < 1.29 is 14.0 Å². The van der Waals surface area contributed by atoms with Crippen LogP contribution in [-0.4, -0.2) is 37.9 Å². The van der Waals surface area contributed by atoms with Gasteiger partial charge < -0.3 is 9.16 Å². The van der Waals surface area contributed by atoms with E-state index in [4.69, 9.17) is 9.16 Å². The van der Waals surface area contributed by atoms with Gasteiger partial charge in [-0.15, -0.1) is 0 Å². The van der Waals surface area contributed by atoms with Gasteiger partial charge in [0.25, 0.3) is 0 Å². The van der Waals surface area contributed by atoms with Crippen LogP contribution in [0, 0.1) is 11.3 Å². The summed E-state index contributed by atoms with van der Waals surface area (Å²) < 4.78 is 11.9. The van der Waals surface area contributed by atoms with E-state index in [9.17, 15) is 4.79 Å². The average Bonchev–Trinajstić information content (AvgIpc) is 2.65. The SMILES string of the molecule is C=C[C@@]1(O[SiH](C)C)C[C@H](C(C)(C)C)CN1C(=O)OC(C)(C)C. The maximum Gasteiger partial charge on any atom is 0.412 e. The summed E-state index contributed by atoms with van der Waals surface area (Å²) in [7, 11) is -1.34. The zero-order valence-electron chi connectivity index (χ0n) is 15.5. The first-order valence-corrected chi connectivity index (χ1v) is 10.9. The highest BCUT2D eigenvalue weighted by molar-refractivity contribution is 6.48. The van der Waals surface area contributed by atoms with Gasteiger partial charge in [-0.2, -0.15) is 0 Å². The third kappa shape index (κ3) is 4.59. The third-order valence-electron chi connectivity index (χ3n) is 4.00. The molecule has 1 aliphatic heterocycles. The number of amides is 1. The van der Waals surface area contributed by atoms with Gasteiger partial charge in [0.05, 0.1) is 0 Å². The number of ether oxygens (including phenoxy) is 1. The Kier molecular flexibility index (Phi) is 5.56. The van der Waals surface area contributed by atoms with Crippen LogP contribution in [0.1, 0.15) is 48.0 Å². The maximum atomic E-state index is 12.7. The summed E-state index contributed by atoms with van der Waals surface area (Å²) in [6.07, 6.45) is 2.26. The Morgan fingerprint density at radius 3 is 2.18 bits per heavy atom. The van der Waals surface area contributed by atoms with E-state index in [1.54, 1.807) is 11.0 Å². The highest BCUT2D eigenvalue weighted by Gasteiger charge is 2.51. The van der Waals surface area contributed by atoms with E-state index in [1.165, 1.54) is 0 Å². The minimum atomic E-state index is -1.34. The number of hydrogen-bond acceptors (Lipinski definition) is 3. The van der Waals surface area contributed by atoms with Gasteiger partial charge in [0.15, 0.2) is 14.8 Å². The number of hydrogen-bond donors (Lipinski definition) is 0. The van der Waals surface area contributed by atoms with E-state index in [0.717, 1.165) is 6.42 Å². The summed E-state index contributed by atoms with van der Waals surface area (Å²) in [4.78, 5) is 14.4. The van der Waals surface area contributed by atoms with E-state index in [2.05, 4.69) is 40.4 Å². The summed E-state index contributed by atoms with van der Waals surface area (Å²) in [6.45, 7) is 21.1. The van der Waals surface area contributed by atoms with Crippen molar-refractivity contribution in [2.24, 2.45) is 11.3 Å². The lowest BCUT2D eigenvalue weighted by molar-refractivity contribution is -0.0393. The lowest BCUT2D eigenvalue weighted by Crippen LogP contribution is -2.51. The normalized spacial score (nSPS) is 26.4. The van der Waals surface area contributed by atoms with Crippen LogP contribution in [0.15, 0.2) is 12.7 Å². The molecule has 0 bridgehead atoms. The highest BCUT2D eigenvalue weighted by atomic mass is 28.3. The molecule has 0 spiro atoms. The summed E-state index contributed by atoms with van der Waals surface area (Å²) in [6, 6.07) is 0. The van der Waals surface area contributed by atoms with Crippen molar-refractivity contribution in [1.82, 2.24) is 4.90 Å². The molecule has 1 saturated heterocycles. The summed E-state index contributed by atoms with van der Waals surface area (Å²) in [5.41, 5.74) is -1.13. The van der Waals surface area contributed by atoms with E-state index in [0.29, 0.717) is 12.5 Å². The van der Waals surface area contributed by atoms with Gasteiger partial charge >= 0.3 is 6.09 Å². The van der Waals surface area contributed by atoms with Crippen molar-refractivity contribution in [2.75, 3.05) is 6.54 Å². The topological polar surface area (TPSA) is 38.8 Å². The van der Waals surface area contributed by atoms with Crippen molar-refractivity contribution in [3.8, 4) is 0 Å². The minimum Gasteiger partial charge on any atom is -0.444 e. The molecule has 1 aliphatic rings. The molecule has 22 heavy (non-hydrogen) atoms. The molecular weight excluding hydrogens is 294 g/mol. The standard InChI is InChI=1S/C17H33NO3Si/c1-10-17(21-22(8)9)11-13(15(2,3)4)12-18(17)14(19)20-16(5,6)7/h10,13,22H,1,11-12H2,2-9H3/t13-,17+/m0/s1. The lowest BCUT2D eigenvalue weighted by atomic mass is 9.79. The monoisotopic (exact) mass is 327 g/mol. The molecule has 0 N–H and O–H groups in total. The first-order chi connectivity index (χ1) is 9.81. The van der Waals surface area contributed by atoms with Crippen LogP contribution >= 0.6 is 0 Å². The van der Waals surface area contributed by atoms with E-state index in [1.807, 2.05) is 20.8 Å². The smallest absolute Gasteiger partial charge is 0.412 e. The fourth-order valence-electron chi connectivity index (χ4n) is 2.79. The van der Waals surface area contributed by atoms with E-state index in [-0.39, 0.29) is 11.5 Å². The fraction of sp³-hybridized carbons (Fsp3) is 0.824. The Bertz CT molecular complexity index is 423. The average molecular weight is 328 g/mol. The molecule has 0 aromatic carbocycles. The molecule has 0 aromatic rings. The second-order valence-electron chi connectivity index (χ2n) is 8.57. The largest absolute Gasteiger partial charge is 0.444 e. The van der Waals surface area contributed by atoms with Crippen LogP contribution in [0.25, 0.3) is 0 Å². The number of carbonyl (C=O) groups excluding carboxylic acids is 1. The second-order valence-corrected chi connectivity index (χ2v) is 10.9. The van der Waals surface area contributed by atoms with Crippen LogP contribution in [-0.2, 0) is 9.16 Å². The van der Waals surface area contributed by atoms with Crippen LogP contribution in [0.2, 0.25) is 13.1 Å². The van der Waals surface area contributed by atoms with Crippen LogP contribution in [0.5, 0.6) is 0 Å². The molecule has 4 nitrogen and oxygen atoms in total. The Morgan fingerprint density at radius 2 is 1.82 bits per heavy atom. The number of rotatable bonds is 3. The molecule has 1 amide bonds. The molecule has 128 valence electrons. The molecule has 2 atom stereocenters. The summed E-state index contributed by atoms with van der Waals surface area (Å²) in [5, 5.41) is 0. The van der Waals surface area contributed by atoms with Crippen LogP contribution < -0.4 is 0 Å². The van der Waals surface area contributed by atoms with Gasteiger partial charge in [0, 0.05) is 13.0 Å². The van der Waals surface area contributed by atoms with Crippen LogP contribution in [0.4, 0.5) is 4.79 Å². The van der Waals surface area contributed by atoms with Crippen molar-refractivity contribution in [1.29, 1.82) is 0 Å². The molecule has 1 heterocycles. The predicted molar refractivity (Wildman–Crippen MR) is 93.4 cm³/mol. The summed E-state index contributed by atoms with van der Waals surface area (Å²) >= 11 is 0. The molecule has 0 saturated carbocycles. The third-order valence-corrected chi connectivity index (χ3v) is 4.88.